The van der Waals surface area contributed by atoms with Crippen LogP contribution in [0.25, 0.3) is 17.0 Å². The van der Waals surface area contributed by atoms with E-state index in [1.807, 2.05) is 24.3 Å². The number of hydrogen-bond acceptors (Lipinski definition) is 3. The number of nitriles is 1. The fourth-order valence-electron chi connectivity index (χ4n) is 1.71. The molecule has 3 rings (SSSR count). The summed E-state index contributed by atoms with van der Waals surface area (Å²) in [5.41, 5.74) is 2.03. The Morgan fingerprint density at radius 3 is 2.67 bits per heavy atom. The molecule has 0 saturated carbocycles. The predicted molar refractivity (Wildman–Crippen MR) is 70.8 cm³/mol. The summed E-state index contributed by atoms with van der Waals surface area (Å²) < 4.78 is 2.63. The fraction of sp³-hybridized carbons (Fsp3) is 0. The molecule has 4 nitrogen and oxygen atoms in total. The van der Waals surface area contributed by atoms with Crippen LogP contribution in [0.1, 0.15) is 5.56 Å². The highest BCUT2D eigenvalue weighted by Crippen LogP contribution is 2.20. The number of pyridine rings is 1. The normalized spacial score (nSPS) is 10.4. The molecule has 0 aliphatic heterocycles. The van der Waals surface area contributed by atoms with Crippen molar-refractivity contribution < 1.29 is 0 Å². The summed E-state index contributed by atoms with van der Waals surface area (Å²) in [5.74, 6) is 0.616. The first-order valence-corrected chi connectivity index (χ1v) is 6.08. The Labute approximate surface area is 112 Å². The molecule has 0 saturated heterocycles. The minimum absolute atomic E-state index is 0.522. The standard InChI is InChI=1S/C13H7BrN4/c14-11-5-3-9(4-6-11)12-16-13-10(8-15)2-1-7-18(13)17-12/h1-7H. The van der Waals surface area contributed by atoms with Crippen molar-refractivity contribution in [3.63, 3.8) is 0 Å². The molecule has 1 aromatic carbocycles. The van der Waals surface area contributed by atoms with Gasteiger partial charge in [0.2, 0.25) is 0 Å². The highest BCUT2D eigenvalue weighted by atomic mass is 79.9. The lowest BCUT2D eigenvalue weighted by molar-refractivity contribution is 0.963. The Bertz CT molecular complexity index is 753. The third-order valence-electron chi connectivity index (χ3n) is 2.59. The number of halogens is 1. The van der Waals surface area contributed by atoms with Crippen LogP contribution in [0.2, 0.25) is 0 Å². The van der Waals surface area contributed by atoms with Crippen molar-refractivity contribution in [1.29, 1.82) is 5.26 Å². The number of fused-ring (bicyclic) bond motifs is 1. The first-order valence-electron chi connectivity index (χ1n) is 5.29. The van der Waals surface area contributed by atoms with E-state index in [-0.39, 0.29) is 0 Å². The van der Waals surface area contributed by atoms with Gasteiger partial charge in [-0.2, -0.15) is 5.26 Å². The Morgan fingerprint density at radius 2 is 1.94 bits per heavy atom. The molecule has 86 valence electrons. The van der Waals surface area contributed by atoms with Gasteiger partial charge in [-0.05, 0) is 24.3 Å². The van der Waals surface area contributed by atoms with Crippen LogP contribution in [0.15, 0.2) is 47.1 Å². The Hall–Kier alpha value is -2.19. The molecule has 5 heteroatoms. The molecule has 0 unspecified atom stereocenters. The Kier molecular flexibility index (Phi) is 2.58. The maximum absolute atomic E-state index is 9.01. The second-order valence-electron chi connectivity index (χ2n) is 3.74. The van der Waals surface area contributed by atoms with E-state index in [0.717, 1.165) is 10.0 Å². The van der Waals surface area contributed by atoms with Crippen LogP contribution in [0, 0.1) is 11.3 Å². The van der Waals surface area contributed by atoms with Crippen molar-refractivity contribution in [2.45, 2.75) is 0 Å². The molecule has 0 atom stereocenters. The van der Waals surface area contributed by atoms with Crippen molar-refractivity contribution in [2.75, 3.05) is 0 Å². The smallest absolute Gasteiger partial charge is 0.182 e. The minimum Gasteiger partial charge on any atom is -0.219 e. The summed E-state index contributed by atoms with van der Waals surface area (Å²) in [6.07, 6.45) is 1.78. The summed E-state index contributed by atoms with van der Waals surface area (Å²) >= 11 is 3.39. The van der Waals surface area contributed by atoms with Gasteiger partial charge in [0.05, 0.1) is 5.56 Å². The van der Waals surface area contributed by atoms with Gasteiger partial charge >= 0.3 is 0 Å². The molecular weight excluding hydrogens is 292 g/mol. The summed E-state index contributed by atoms with van der Waals surface area (Å²) in [4.78, 5) is 4.40. The summed E-state index contributed by atoms with van der Waals surface area (Å²) in [6.45, 7) is 0. The zero-order valence-corrected chi connectivity index (χ0v) is 10.8. The van der Waals surface area contributed by atoms with Gasteiger partial charge in [-0.1, -0.05) is 28.1 Å². The maximum Gasteiger partial charge on any atom is 0.182 e. The van der Waals surface area contributed by atoms with Gasteiger partial charge in [0.15, 0.2) is 11.5 Å². The van der Waals surface area contributed by atoms with E-state index in [1.54, 1.807) is 22.8 Å². The molecule has 2 aromatic heterocycles. The SMILES string of the molecule is N#Cc1cccn2nc(-c3ccc(Br)cc3)nc12. The van der Waals surface area contributed by atoms with E-state index >= 15 is 0 Å². The second kappa shape index (κ2) is 4.24. The van der Waals surface area contributed by atoms with Gasteiger partial charge in [0, 0.05) is 16.2 Å². The molecule has 0 spiro atoms. The summed E-state index contributed by atoms with van der Waals surface area (Å²) in [5, 5.41) is 13.4. The first kappa shape index (κ1) is 10.9. The van der Waals surface area contributed by atoms with E-state index in [2.05, 4.69) is 32.1 Å². The zero-order chi connectivity index (χ0) is 12.5. The van der Waals surface area contributed by atoms with Crippen molar-refractivity contribution in [3.8, 4) is 17.5 Å². The molecule has 18 heavy (non-hydrogen) atoms. The number of rotatable bonds is 1. The quantitative estimate of drug-likeness (QED) is 0.694. The lowest BCUT2D eigenvalue weighted by Crippen LogP contribution is -1.88. The van der Waals surface area contributed by atoms with Crippen LogP contribution in [-0.4, -0.2) is 14.6 Å². The molecule has 0 bridgehead atoms. The highest BCUT2D eigenvalue weighted by molar-refractivity contribution is 9.10. The summed E-state index contributed by atoms with van der Waals surface area (Å²) in [7, 11) is 0. The topological polar surface area (TPSA) is 54.0 Å². The average molecular weight is 299 g/mol. The Balaban J connectivity index is 2.20. The van der Waals surface area contributed by atoms with E-state index < -0.39 is 0 Å². The van der Waals surface area contributed by atoms with E-state index in [1.165, 1.54) is 0 Å². The van der Waals surface area contributed by atoms with Gasteiger partial charge in [-0.25, -0.2) is 9.50 Å². The Morgan fingerprint density at radius 1 is 1.17 bits per heavy atom. The van der Waals surface area contributed by atoms with Crippen LogP contribution in [0.5, 0.6) is 0 Å². The van der Waals surface area contributed by atoms with Crippen LogP contribution in [-0.2, 0) is 0 Å². The van der Waals surface area contributed by atoms with Crippen LogP contribution < -0.4 is 0 Å². The zero-order valence-electron chi connectivity index (χ0n) is 9.21. The first-order chi connectivity index (χ1) is 8.78. The van der Waals surface area contributed by atoms with Crippen LogP contribution >= 0.6 is 15.9 Å². The molecule has 0 amide bonds. The third kappa shape index (κ3) is 1.77. The second-order valence-corrected chi connectivity index (χ2v) is 4.66. The van der Waals surface area contributed by atoms with Crippen LogP contribution in [0.4, 0.5) is 0 Å². The van der Waals surface area contributed by atoms with Gasteiger partial charge in [-0.3, -0.25) is 0 Å². The molecule has 0 N–H and O–H groups in total. The van der Waals surface area contributed by atoms with Gasteiger partial charge in [-0.15, -0.1) is 5.10 Å². The lowest BCUT2D eigenvalue weighted by Gasteiger charge is -1.93. The molecule has 0 aliphatic rings. The van der Waals surface area contributed by atoms with Gasteiger partial charge < -0.3 is 0 Å². The van der Waals surface area contributed by atoms with E-state index in [9.17, 15) is 0 Å². The number of benzene rings is 1. The van der Waals surface area contributed by atoms with Crippen LogP contribution in [0.3, 0.4) is 0 Å². The number of hydrogen-bond donors (Lipinski definition) is 0. The largest absolute Gasteiger partial charge is 0.219 e. The minimum atomic E-state index is 0.522. The maximum atomic E-state index is 9.01. The molecule has 2 heterocycles. The lowest BCUT2D eigenvalue weighted by atomic mass is 10.2. The number of nitrogens with zero attached hydrogens (tertiary/aromatic N) is 4. The van der Waals surface area contributed by atoms with Gasteiger partial charge in [0.25, 0.3) is 0 Å². The monoisotopic (exact) mass is 298 g/mol. The van der Waals surface area contributed by atoms with E-state index in [4.69, 9.17) is 5.26 Å². The van der Waals surface area contributed by atoms with Crippen molar-refractivity contribution in [1.82, 2.24) is 14.6 Å². The summed E-state index contributed by atoms with van der Waals surface area (Å²) in [6, 6.07) is 13.4. The third-order valence-corrected chi connectivity index (χ3v) is 3.11. The molecular formula is C13H7BrN4. The average Bonchev–Trinajstić information content (AvgIpc) is 2.83. The molecule has 3 aromatic rings. The fourth-order valence-corrected chi connectivity index (χ4v) is 1.98. The predicted octanol–water partition coefficient (Wildman–Crippen LogP) is 3.03. The van der Waals surface area contributed by atoms with Gasteiger partial charge in [0.1, 0.15) is 6.07 Å². The van der Waals surface area contributed by atoms with Crippen molar-refractivity contribution in [3.05, 3.63) is 52.6 Å². The van der Waals surface area contributed by atoms with E-state index in [0.29, 0.717) is 17.0 Å². The molecule has 0 fully saturated rings. The van der Waals surface area contributed by atoms with Crippen molar-refractivity contribution >= 4 is 21.6 Å². The molecule has 0 aliphatic carbocycles. The highest BCUT2D eigenvalue weighted by Gasteiger charge is 2.08. The molecule has 0 radical (unpaired) electrons. The van der Waals surface area contributed by atoms with Crippen molar-refractivity contribution in [2.24, 2.45) is 0 Å². The number of aromatic nitrogens is 3.